The summed E-state index contributed by atoms with van der Waals surface area (Å²) < 4.78 is 4.99. The molecule has 0 aliphatic rings. The van der Waals surface area contributed by atoms with Gasteiger partial charge in [-0.25, -0.2) is 10.7 Å². The first-order valence-electron chi connectivity index (χ1n) is 4.17. The summed E-state index contributed by atoms with van der Waals surface area (Å²) in [6.07, 6.45) is -0.677. The Bertz CT molecular complexity index is 165. The van der Waals surface area contributed by atoms with Gasteiger partial charge in [-0.05, 0) is 27.7 Å². The first-order valence-corrected chi connectivity index (χ1v) is 4.17. The van der Waals surface area contributed by atoms with Gasteiger partial charge >= 0.3 is 6.09 Å². The van der Waals surface area contributed by atoms with E-state index < -0.39 is 11.7 Å². The van der Waals surface area contributed by atoms with Gasteiger partial charge in [-0.2, -0.15) is 0 Å². The monoisotopic (exact) mass is 190 g/mol. The third-order valence-corrected chi connectivity index (χ3v) is 1.17. The zero-order valence-corrected chi connectivity index (χ0v) is 8.59. The van der Waals surface area contributed by atoms with E-state index in [1.165, 1.54) is 0 Å². The van der Waals surface area contributed by atoms with E-state index in [2.05, 4.69) is 10.2 Å². The second-order valence-electron chi connectivity index (χ2n) is 3.83. The van der Waals surface area contributed by atoms with Gasteiger partial charge in [-0.1, -0.05) is 0 Å². The van der Waals surface area contributed by atoms with Gasteiger partial charge in [0.2, 0.25) is 0 Å². The summed E-state index contributed by atoms with van der Waals surface area (Å²) in [7, 11) is 0. The average Bonchev–Trinajstić information content (AvgIpc) is 1.97. The number of ether oxygens (including phenoxy) is 1. The predicted octanol–water partition coefficient (Wildman–Crippen LogP) is 0.790. The van der Waals surface area contributed by atoms with E-state index in [-0.39, 0.29) is 6.10 Å². The molecule has 5 nitrogen and oxygen atoms in total. The zero-order valence-electron chi connectivity index (χ0n) is 8.59. The Balaban J connectivity index is 3.64. The summed E-state index contributed by atoms with van der Waals surface area (Å²) in [5.41, 5.74) is -0.475. The molecular weight excluding hydrogens is 172 g/mol. The third kappa shape index (κ3) is 7.55. The number of carbonyl (C=O) groups is 1. The summed E-state index contributed by atoms with van der Waals surface area (Å²) in [6, 6.07) is 0. The number of nitrogens with one attached hydrogen (secondary N) is 1. The van der Waals surface area contributed by atoms with Crippen LogP contribution in [0.1, 0.15) is 27.7 Å². The smallest absolute Gasteiger partial charge is 0.407 e. The van der Waals surface area contributed by atoms with Crippen LogP contribution in [0.25, 0.3) is 0 Å². The zero-order chi connectivity index (χ0) is 10.5. The first kappa shape index (κ1) is 12.2. The van der Waals surface area contributed by atoms with Crippen molar-refractivity contribution >= 4 is 6.09 Å². The van der Waals surface area contributed by atoms with Crippen LogP contribution in [-0.2, 0) is 9.57 Å². The van der Waals surface area contributed by atoms with Crippen LogP contribution in [0.15, 0.2) is 0 Å². The van der Waals surface area contributed by atoms with Crippen molar-refractivity contribution in [3.8, 4) is 0 Å². The van der Waals surface area contributed by atoms with Crippen molar-refractivity contribution in [2.75, 3.05) is 6.54 Å². The third-order valence-electron chi connectivity index (χ3n) is 1.17. The lowest BCUT2D eigenvalue weighted by molar-refractivity contribution is 0.0397. The lowest BCUT2D eigenvalue weighted by Gasteiger charge is -2.20. The van der Waals surface area contributed by atoms with E-state index in [1.54, 1.807) is 27.7 Å². The Hall–Kier alpha value is -0.810. The van der Waals surface area contributed by atoms with Crippen molar-refractivity contribution in [1.29, 1.82) is 0 Å². The Morgan fingerprint density at radius 3 is 2.46 bits per heavy atom. The summed E-state index contributed by atoms with van der Waals surface area (Å²) >= 11 is 0. The molecule has 1 unspecified atom stereocenters. The van der Waals surface area contributed by atoms with Crippen LogP contribution in [0.3, 0.4) is 0 Å². The molecule has 0 rings (SSSR count). The van der Waals surface area contributed by atoms with Crippen LogP contribution in [0, 0.1) is 0 Å². The second kappa shape index (κ2) is 5.04. The van der Waals surface area contributed by atoms with Gasteiger partial charge in [0.15, 0.2) is 0 Å². The quantitative estimate of drug-likeness (QED) is 0.645. The Morgan fingerprint density at radius 2 is 2.08 bits per heavy atom. The molecule has 0 aromatic rings. The van der Waals surface area contributed by atoms with Crippen LogP contribution < -0.4 is 11.2 Å². The van der Waals surface area contributed by atoms with Gasteiger partial charge in [0.1, 0.15) is 5.60 Å². The highest BCUT2D eigenvalue weighted by molar-refractivity contribution is 5.67. The molecule has 0 aromatic carbocycles. The molecule has 3 N–H and O–H groups in total. The fraction of sp³-hybridized carbons (Fsp3) is 0.875. The lowest BCUT2D eigenvalue weighted by atomic mass is 10.2. The number of rotatable bonds is 3. The van der Waals surface area contributed by atoms with Crippen LogP contribution in [-0.4, -0.2) is 24.3 Å². The molecule has 0 aliphatic heterocycles. The van der Waals surface area contributed by atoms with Gasteiger partial charge in [0.05, 0.1) is 6.10 Å². The fourth-order valence-corrected chi connectivity index (χ4v) is 0.589. The van der Waals surface area contributed by atoms with Gasteiger partial charge in [-0.3, -0.25) is 4.84 Å². The summed E-state index contributed by atoms with van der Waals surface area (Å²) in [4.78, 5) is 15.5. The van der Waals surface area contributed by atoms with E-state index >= 15 is 0 Å². The summed E-state index contributed by atoms with van der Waals surface area (Å²) in [5.74, 6) is 4.89. The molecule has 0 saturated carbocycles. The highest BCUT2D eigenvalue weighted by Crippen LogP contribution is 2.06. The first-order chi connectivity index (χ1) is 5.85. The van der Waals surface area contributed by atoms with Gasteiger partial charge in [0, 0.05) is 6.54 Å². The molecule has 1 atom stereocenters. The molecule has 1 amide bonds. The maximum atomic E-state index is 11.0. The van der Waals surface area contributed by atoms with Crippen LogP contribution in [0.4, 0.5) is 4.79 Å². The molecule has 0 bridgehead atoms. The minimum absolute atomic E-state index is 0.215. The fourth-order valence-electron chi connectivity index (χ4n) is 0.589. The van der Waals surface area contributed by atoms with Crippen LogP contribution in [0.2, 0.25) is 0 Å². The highest BCUT2D eigenvalue weighted by atomic mass is 16.6. The topological polar surface area (TPSA) is 73.6 Å². The van der Waals surface area contributed by atoms with E-state index in [0.29, 0.717) is 6.54 Å². The maximum Gasteiger partial charge on any atom is 0.407 e. The molecule has 0 aliphatic carbocycles. The van der Waals surface area contributed by atoms with E-state index in [1.807, 2.05) is 0 Å². The van der Waals surface area contributed by atoms with Gasteiger partial charge in [0.25, 0.3) is 0 Å². The van der Waals surface area contributed by atoms with Crippen LogP contribution in [0.5, 0.6) is 0 Å². The highest BCUT2D eigenvalue weighted by Gasteiger charge is 2.16. The van der Waals surface area contributed by atoms with Gasteiger partial charge < -0.3 is 10.1 Å². The Morgan fingerprint density at radius 1 is 1.54 bits per heavy atom. The molecule has 0 fully saturated rings. The van der Waals surface area contributed by atoms with Crippen molar-refractivity contribution < 1.29 is 14.4 Å². The molecule has 78 valence electrons. The Kier molecular flexibility index (Phi) is 4.72. The largest absolute Gasteiger partial charge is 0.444 e. The molecule has 0 spiro atoms. The van der Waals surface area contributed by atoms with E-state index in [4.69, 9.17) is 10.6 Å². The average molecular weight is 190 g/mol. The van der Waals surface area contributed by atoms with Crippen molar-refractivity contribution in [2.45, 2.75) is 39.4 Å². The van der Waals surface area contributed by atoms with Crippen molar-refractivity contribution in [3.05, 3.63) is 0 Å². The van der Waals surface area contributed by atoms with Crippen molar-refractivity contribution in [1.82, 2.24) is 5.32 Å². The predicted molar refractivity (Wildman–Crippen MR) is 49.0 cm³/mol. The standard InChI is InChI=1S/C8H18N2O3/c1-6(13-9)5-10-7(11)12-8(2,3)4/h6H,5,9H2,1-4H3,(H,10,11). The Labute approximate surface area is 78.5 Å². The van der Waals surface area contributed by atoms with Crippen molar-refractivity contribution in [3.63, 3.8) is 0 Å². The van der Waals surface area contributed by atoms with Crippen molar-refractivity contribution in [2.24, 2.45) is 5.90 Å². The van der Waals surface area contributed by atoms with E-state index in [9.17, 15) is 4.79 Å². The molecule has 0 heterocycles. The van der Waals surface area contributed by atoms with E-state index in [0.717, 1.165) is 0 Å². The molecule has 13 heavy (non-hydrogen) atoms. The summed E-state index contributed by atoms with van der Waals surface area (Å²) in [5, 5.41) is 2.52. The molecular formula is C8H18N2O3. The molecule has 0 radical (unpaired) electrons. The number of amides is 1. The second-order valence-corrected chi connectivity index (χ2v) is 3.83. The van der Waals surface area contributed by atoms with Gasteiger partial charge in [-0.15, -0.1) is 0 Å². The number of hydrogen-bond acceptors (Lipinski definition) is 4. The maximum absolute atomic E-state index is 11.0. The number of alkyl carbamates (subject to hydrolysis) is 1. The number of nitrogens with two attached hydrogens (primary N) is 1. The SMILES string of the molecule is CC(CNC(=O)OC(C)(C)C)ON. The summed E-state index contributed by atoms with van der Waals surface area (Å²) in [6.45, 7) is 7.49. The number of hydrogen-bond donors (Lipinski definition) is 2. The number of carbonyl (C=O) groups excluding carboxylic acids is 1. The minimum atomic E-state index is -0.475. The molecule has 0 saturated heterocycles. The molecule has 5 heteroatoms. The van der Waals surface area contributed by atoms with Crippen LogP contribution >= 0.6 is 0 Å². The molecule has 0 aromatic heterocycles. The lowest BCUT2D eigenvalue weighted by Crippen LogP contribution is -2.37. The minimum Gasteiger partial charge on any atom is -0.444 e. The normalized spacial score (nSPS) is 13.6.